The van der Waals surface area contributed by atoms with Crippen LogP contribution >= 0.6 is 0 Å². The van der Waals surface area contributed by atoms with Gasteiger partial charge in [-0.2, -0.15) is 9.29 Å². The van der Waals surface area contributed by atoms with Gasteiger partial charge < -0.3 is 14.0 Å². The Kier molecular flexibility index (Phi) is 6.08. The van der Waals surface area contributed by atoms with Crippen molar-refractivity contribution in [2.75, 3.05) is 26.0 Å². The molecule has 1 aromatic heterocycles. The molecule has 0 bridgehead atoms. The highest BCUT2D eigenvalue weighted by Crippen LogP contribution is 2.32. The molecule has 1 saturated heterocycles. The van der Waals surface area contributed by atoms with Gasteiger partial charge in [-0.3, -0.25) is 0 Å². The summed E-state index contributed by atoms with van der Waals surface area (Å²) in [5.74, 6) is 0.890. The molecule has 0 spiro atoms. The van der Waals surface area contributed by atoms with Gasteiger partial charge >= 0.3 is 0 Å². The fraction of sp³-hybridized carbons (Fsp3) is 0.529. The predicted octanol–water partition coefficient (Wildman–Crippen LogP) is 2.08. The summed E-state index contributed by atoms with van der Waals surface area (Å²) in [5.41, 5.74) is 0. The minimum atomic E-state index is -3.45. The van der Waals surface area contributed by atoms with E-state index < -0.39 is 15.8 Å². The van der Waals surface area contributed by atoms with Gasteiger partial charge in [0, 0.05) is 19.2 Å². The van der Waals surface area contributed by atoms with Gasteiger partial charge in [-0.05, 0) is 31.9 Å². The maximum absolute atomic E-state index is 13.2. The van der Waals surface area contributed by atoms with E-state index >= 15 is 0 Å². The number of hydrogen-bond acceptors (Lipinski definition) is 7. The molecule has 1 fully saturated rings. The lowest BCUT2D eigenvalue weighted by Gasteiger charge is -2.23. The summed E-state index contributed by atoms with van der Waals surface area (Å²) in [7, 11) is -3.45. The maximum atomic E-state index is 13.2. The summed E-state index contributed by atoms with van der Waals surface area (Å²) in [6.07, 6.45) is 1.92. The normalized spacial score (nSPS) is 20.3. The van der Waals surface area contributed by atoms with Crippen LogP contribution in [0.25, 0.3) is 0 Å². The van der Waals surface area contributed by atoms with Crippen molar-refractivity contribution in [2.45, 2.75) is 32.0 Å². The van der Waals surface area contributed by atoms with Crippen molar-refractivity contribution in [3.63, 3.8) is 0 Å². The number of nitrogens with zero attached hydrogens (tertiary/aromatic N) is 3. The Labute approximate surface area is 157 Å². The first-order chi connectivity index (χ1) is 12.8. The SMILES string of the molecule is Cc1noc([C@@H]2CC[C@H](CN(CCOc3cccc(F)c3)S(C)(=O)=O)O2)n1. The average molecular weight is 399 g/mol. The molecule has 0 saturated carbocycles. The molecule has 0 unspecified atom stereocenters. The van der Waals surface area contributed by atoms with E-state index in [4.69, 9.17) is 14.0 Å². The first kappa shape index (κ1) is 19.7. The second-order valence-corrected chi connectivity index (χ2v) is 8.41. The third-order valence-electron chi connectivity index (χ3n) is 4.21. The molecule has 1 aliphatic heterocycles. The lowest BCUT2D eigenvalue weighted by Crippen LogP contribution is -2.39. The standard InChI is InChI=1S/C17H22FN3O5S/c1-12-19-17(26-20-12)16-7-6-15(25-16)11-21(27(2,22)23)8-9-24-14-5-3-4-13(18)10-14/h3-5,10,15-16H,6-9,11H2,1-2H3/t15-,16+/m1/s1. The lowest BCUT2D eigenvalue weighted by atomic mass is 10.2. The molecule has 1 aromatic carbocycles. The van der Waals surface area contributed by atoms with Crippen molar-refractivity contribution < 1.29 is 26.8 Å². The van der Waals surface area contributed by atoms with Crippen LogP contribution in [0.15, 0.2) is 28.8 Å². The summed E-state index contributed by atoms with van der Waals surface area (Å²) in [4.78, 5) is 4.16. The van der Waals surface area contributed by atoms with Crippen LogP contribution < -0.4 is 4.74 Å². The number of aromatic nitrogens is 2. The zero-order valence-corrected chi connectivity index (χ0v) is 16.0. The van der Waals surface area contributed by atoms with Crippen LogP contribution in [0.5, 0.6) is 5.75 Å². The molecular formula is C17H22FN3O5S. The van der Waals surface area contributed by atoms with E-state index in [-0.39, 0.29) is 31.9 Å². The molecule has 27 heavy (non-hydrogen) atoms. The van der Waals surface area contributed by atoms with Gasteiger partial charge in [-0.15, -0.1) is 0 Å². The molecule has 148 valence electrons. The smallest absolute Gasteiger partial charge is 0.255 e. The van der Waals surface area contributed by atoms with Gasteiger partial charge in [0.15, 0.2) is 5.82 Å². The van der Waals surface area contributed by atoms with Gasteiger partial charge in [-0.1, -0.05) is 11.2 Å². The van der Waals surface area contributed by atoms with Crippen molar-refractivity contribution in [1.29, 1.82) is 0 Å². The molecule has 2 aromatic rings. The molecule has 2 heterocycles. The van der Waals surface area contributed by atoms with Crippen LogP contribution in [0.3, 0.4) is 0 Å². The Morgan fingerprint density at radius 1 is 1.37 bits per heavy atom. The lowest BCUT2D eigenvalue weighted by molar-refractivity contribution is 0.0170. The molecule has 3 rings (SSSR count). The highest BCUT2D eigenvalue weighted by molar-refractivity contribution is 7.88. The number of ether oxygens (including phenoxy) is 2. The number of hydrogen-bond donors (Lipinski definition) is 0. The number of benzene rings is 1. The summed E-state index contributed by atoms with van der Waals surface area (Å²) in [5, 5.41) is 3.75. The van der Waals surface area contributed by atoms with E-state index in [1.165, 1.54) is 22.5 Å². The van der Waals surface area contributed by atoms with Gasteiger partial charge in [-0.25, -0.2) is 12.8 Å². The molecule has 1 aliphatic rings. The minimum absolute atomic E-state index is 0.107. The van der Waals surface area contributed by atoms with Crippen LogP contribution in [-0.2, 0) is 14.8 Å². The third-order valence-corrected chi connectivity index (χ3v) is 5.48. The fourth-order valence-electron chi connectivity index (χ4n) is 2.91. The predicted molar refractivity (Wildman–Crippen MR) is 94.2 cm³/mol. The third kappa shape index (κ3) is 5.47. The van der Waals surface area contributed by atoms with Crippen LogP contribution in [0.2, 0.25) is 0 Å². The maximum Gasteiger partial charge on any atom is 0.255 e. The zero-order chi connectivity index (χ0) is 19.4. The molecule has 2 atom stereocenters. The summed E-state index contributed by atoms with van der Waals surface area (Å²) in [6, 6.07) is 5.71. The molecule has 10 heteroatoms. The Morgan fingerprint density at radius 3 is 2.85 bits per heavy atom. The monoisotopic (exact) mass is 399 g/mol. The van der Waals surface area contributed by atoms with Crippen LogP contribution in [0.4, 0.5) is 4.39 Å². The zero-order valence-electron chi connectivity index (χ0n) is 15.2. The summed E-state index contributed by atoms with van der Waals surface area (Å²) >= 11 is 0. The number of aryl methyl sites for hydroxylation is 1. The highest BCUT2D eigenvalue weighted by atomic mass is 32.2. The molecule has 0 radical (unpaired) electrons. The van der Waals surface area contributed by atoms with E-state index in [2.05, 4.69) is 10.1 Å². The van der Waals surface area contributed by atoms with E-state index in [1.54, 1.807) is 13.0 Å². The molecule has 0 amide bonds. The Bertz CT molecular complexity index is 873. The van der Waals surface area contributed by atoms with E-state index in [1.807, 2.05) is 0 Å². The first-order valence-corrected chi connectivity index (χ1v) is 10.5. The second-order valence-electron chi connectivity index (χ2n) is 6.43. The molecule has 0 N–H and O–H groups in total. The Morgan fingerprint density at radius 2 is 2.19 bits per heavy atom. The minimum Gasteiger partial charge on any atom is -0.492 e. The van der Waals surface area contributed by atoms with Gasteiger partial charge in [0.2, 0.25) is 10.0 Å². The van der Waals surface area contributed by atoms with Crippen molar-refractivity contribution in [2.24, 2.45) is 0 Å². The van der Waals surface area contributed by atoms with Gasteiger partial charge in [0.1, 0.15) is 24.3 Å². The van der Waals surface area contributed by atoms with Crippen molar-refractivity contribution in [1.82, 2.24) is 14.4 Å². The van der Waals surface area contributed by atoms with Gasteiger partial charge in [0.25, 0.3) is 5.89 Å². The number of rotatable bonds is 8. The highest BCUT2D eigenvalue weighted by Gasteiger charge is 2.33. The largest absolute Gasteiger partial charge is 0.492 e. The van der Waals surface area contributed by atoms with Crippen molar-refractivity contribution in [3.05, 3.63) is 41.8 Å². The Balaban J connectivity index is 1.54. The summed E-state index contributed by atoms with van der Waals surface area (Å²) < 4.78 is 55.1. The van der Waals surface area contributed by atoms with Gasteiger partial charge in [0.05, 0.1) is 12.4 Å². The fourth-order valence-corrected chi connectivity index (χ4v) is 3.75. The van der Waals surface area contributed by atoms with E-state index in [0.29, 0.717) is 30.3 Å². The number of halogens is 1. The topological polar surface area (TPSA) is 94.8 Å². The van der Waals surface area contributed by atoms with Crippen molar-refractivity contribution in [3.8, 4) is 5.75 Å². The average Bonchev–Trinajstić information content (AvgIpc) is 3.22. The van der Waals surface area contributed by atoms with Crippen LogP contribution in [0.1, 0.15) is 30.7 Å². The molecule has 8 nitrogen and oxygen atoms in total. The van der Waals surface area contributed by atoms with E-state index in [0.717, 1.165) is 6.26 Å². The van der Waals surface area contributed by atoms with Crippen LogP contribution in [0, 0.1) is 12.7 Å². The first-order valence-electron chi connectivity index (χ1n) is 8.60. The Hall–Kier alpha value is -2.04. The van der Waals surface area contributed by atoms with Crippen LogP contribution in [-0.4, -0.2) is 54.9 Å². The molecule has 0 aliphatic carbocycles. The summed E-state index contributed by atoms with van der Waals surface area (Å²) in [6.45, 7) is 2.17. The second kappa shape index (κ2) is 8.32. The molecular weight excluding hydrogens is 377 g/mol. The quantitative estimate of drug-likeness (QED) is 0.671. The van der Waals surface area contributed by atoms with Crippen molar-refractivity contribution >= 4 is 10.0 Å². The van der Waals surface area contributed by atoms with E-state index in [9.17, 15) is 12.8 Å². The number of sulfonamides is 1.